The predicted octanol–water partition coefficient (Wildman–Crippen LogP) is 4.09. The van der Waals surface area contributed by atoms with E-state index in [0.29, 0.717) is 15.8 Å². The molecule has 0 saturated carbocycles. The Kier molecular flexibility index (Phi) is 4.54. The number of hydrogen-bond acceptors (Lipinski definition) is 2. The molecule has 0 unspecified atom stereocenters. The Morgan fingerprint density at radius 2 is 1.95 bits per heavy atom. The second-order valence-electron chi connectivity index (χ2n) is 5.96. The number of rotatable bonds is 3. The Bertz CT molecular complexity index is 760. The molecule has 22 heavy (non-hydrogen) atoms. The van der Waals surface area contributed by atoms with Gasteiger partial charge in [-0.25, -0.2) is 18.0 Å². The average molecular weight is 392 g/mol. The van der Waals surface area contributed by atoms with Crippen molar-refractivity contribution in [3.8, 4) is 0 Å². The van der Waals surface area contributed by atoms with E-state index < -0.39 is 21.7 Å². The lowest BCUT2D eigenvalue weighted by molar-refractivity contribution is 0.0170. The first-order valence-electron chi connectivity index (χ1n) is 6.51. The van der Waals surface area contributed by atoms with Crippen molar-refractivity contribution < 1.29 is 13.0 Å². The summed E-state index contributed by atoms with van der Waals surface area (Å²) in [7, 11) is -1.39. The van der Waals surface area contributed by atoms with Gasteiger partial charge >= 0.3 is 0 Å². The van der Waals surface area contributed by atoms with Crippen LogP contribution in [0.15, 0.2) is 27.3 Å². The molecule has 2 aromatic rings. The van der Waals surface area contributed by atoms with Gasteiger partial charge in [0.15, 0.2) is 5.65 Å². The number of halogens is 3. The molecule has 0 saturated heterocycles. The molecule has 0 radical (unpaired) electrons. The quantitative estimate of drug-likeness (QED) is 0.739. The number of imidazole rings is 1. The molecule has 8 heteroatoms. The fourth-order valence-electron chi connectivity index (χ4n) is 1.64. The van der Waals surface area contributed by atoms with Crippen molar-refractivity contribution in [3.05, 3.63) is 34.2 Å². The maximum absolute atomic E-state index is 13.4. The lowest BCUT2D eigenvalue weighted by atomic mass is 10.2. The van der Waals surface area contributed by atoms with Crippen LogP contribution in [-0.2, 0) is 16.9 Å². The van der Waals surface area contributed by atoms with E-state index in [1.807, 2.05) is 20.8 Å². The van der Waals surface area contributed by atoms with E-state index in [0.717, 1.165) is 6.92 Å². The van der Waals surface area contributed by atoms with Crippen LogP contribution in [0.5, 0.6) is 0 Å². The van der Waals surface area contributed by atoms with Crippen LogP contribution in [0.1, 0.15) is 39.0 Å². The predicted molar refractivity (Wildman–Crippen MR) is 87.9 cm³/mol. The molecule has 2 rings (SSSR count). The fourth-order valence-corrected chi connectivity index (χ4v) is 2.70. The molecule has 0 fully saturated rings. The van der Waals surface area contributed by atoms with E-state index in [9.17, 15) is 13.0 Å². The van der Waals surface area contributed by atoms with Gasteiger partial charge in [0.2, 0.25) is 0 Å². The van der Waals surface area contributed by atoms with Crippen LogP contribution in [0.4, 0.5) is 8.78 Å². The molecule has 0 spiro atoms. The van der Waals surface area contributed by atoms with E-state index in [-0.39, 0.29) is 5.56 Å². The molecular formula is C14H16BrF2N3OS. The van der Waals surface area contributed by atoms with Crippen molar-refractivity contribution in [3.63, 3.8) is 0 Å². The van der Waals surface area contributed by atoms with E-state index in [1.54, 1.807) is 6.20 Å². The van der Waals surface area contributed by atoms with Crippen molar-refractivity contribution in [1.82, 2.24) is 9.38 Å². The third kappa shape index (κ3) is 3.78. The van der Waals surface area contributed by atoms with Gasteiger partial charge < -0.3 is 4.40 Å². The lowest BCUT2D eigenvalue weighted by Crippen LogP contribution is -2.19. The minimum absolute atomic E-state index is 0.119. The standard InChI is InChI=1S/C14H16BrF2N3OS/c1-13(2,3)22(21)18-6-10-8-20-7-9(14(4,16)17)5-11(15)12(20)19-10/h5-8H,1-4H3/b18-6+/t22-/m1/s1. The van der Waals surface area contributed by atoms with Crippen molar-refractivity contribution in [1.29, 1.82) is 0 Å². The normalized spacial score (nSPS) is 14.9. The molecule has 0 aliphatic carbocycles. The molecule has 0 bridgehead atoms. The van der Waals surface area contributed by atoms with Crippen LogP contribution < -0.4 is 0 Å². The highest BCUT2D eigenvalue weighted by Gasteiger charge is 2.26. The zero-order chi connectivity index (χ0) is 16.7. The molecule has 1 atom stereocenters. The number of alkyl halides is 2. The summed E-state index contributed by atoms with van der Waals surface area (Å²) in [6, 6.07) is 1.34. The monoisotopic (exact) mass is 391 g/mol. The first kappa shape index (κ1) is 17.2. The zero-order valence-corrected chi connectivity index (χ0v) is 15.0. The van der Waals surface area contributed by atoms with Crippen LogP contribution in [0, 0.1) is 0 Å². The first-order valence-corrected chi connectivity index (χ1v) is 8.41. The Labute approximate surface area is 138 Å². The van der Waals surface area contributed by atoms with Gasteiger partial charge in [0.1, 0.15) is 16.7 Å². The Hall–Kier alpha value is -1.15. The van der Waals surface area contributed by atoms with Crippen LogP contribution in [-0.4, -0.2) is 24.6 Å². The van der Waals surface area contributed by atoms with Crippen LogP contribution in [0.25, 0.3) is 5.65 Å². The van der Waals surface area contributed by atoms with Gasteiger partial charge in [-0.1, -0.05) is 0 Å². The molecule has 2 heterocycles. The minimum Gasteiger partial charge on any atom is -0.305 e. The summed E-state index contributed by atoms with van der Waals surface area (Å²) in [6.45, 7) is 6.29. The number of nitrogens with zero attached hydrogens (tertiary/aromatic N) is 3. The van der Waals surface area contributed by atoms with E-state index >= 15 is 0 Å². The van der Waals surface area contributed by atoms with Gasteiger partial charge in [-0.05, 0) is 42.8 Å². The lowest BCUT2D eigenvalue weighted by Gasteiger charge is -2.12. The third-order valence-electron chi connectivity index (χ3n) is 2.84. The summed E-state index contributed by atoms with van der Waals surface area (Å²) in [4.78, 5) is 4.28. The van der Waals surface area contributed by atoms with Crippen molar-refractivity contribution >= 4 is 38.8 Å². The molecule has 0 aliphatic heterocycles. The number of pyridine rings is 1. The molecule has 0 aromatic carbocycles. The Morgan fingerprint density at radius 3 is 2.50 bits per heavy atom. The number of aromatic nitrogens is 2. The summed E-state index contributed by atoms with van der Waals surface area (Å²) in [5.74, 6) is -2.94. The molecule has 0 aliphatic rings. The van der Waals surface area contributed by atoms with Gasteiger partial charge in [0.25, 0.3) is 5.92 Å². The van der Waals surface area contributed by atoms with E-state index in [1.165, 1.54) is 22.9 Å². The summed E-state index contributed by atoms with van der Waals surface area (Å²) < 4.78 is 44.2. The highest BCUT2D eigenvalue weighted by Crippen LogP contribution is 2.30. The number of fused-ring (bicyclic) bond motifs is 1. The summed E-state index contributed by atoms with van der Waals surface area (Å²) in [5, 5.41) is 0. The summed E-state index contributed by atoms with van der Waals surface area (Å²) in [6.07, 6.45) is 4.29. The molecule has 0 amide bonds. The van der Waals surface area contributed by atoms with Crippen LogP contribution in [0.2, 0.25) is 0 Å². The Morgan fingerprint density at radius 1 is 1.32 bits per heavy atom. The Balaban J connectivity index is 2.41. The number of hydrogen-bond donors (Lipinski definition) is 0. The smallest absolute Gasteiger partial charge is 0.271 e. The maximum Gasteiger partial charge on any atom is 0.271 e. The fraction of sp³-hybridized carbons (Fsp3) is 0.429. The first-order chi connectivity index (χ1) is 9.98. The second kappa shape index (κ2) is 5.81. The van der Waals surface area contributed by atoms with Gasteiger partial charge in [0.05, 0.1) is 15.4 Å². The van der Waals surface area contributed by atoms with Gasteiger partial charge in [-0.2, -0.15) is 4.40 Å². The third-order valence-corrected chi connectivity index (χ3v) is 4.76. The van der Waals surface area contributed by atoms with Crippen LogP contribution in [0.3, 0.4) is 0 Å². The van der Waals surface area contributed by atoms with E-state index in [4.69, 9.17) is 0 Å². The molecule has 4 nitrogen and oxygen atoms in total. The molecule has 0 N–H and O–H groups in total. The average Bonchev–Trinajstić information content (AvgIpc) is 2.77. The highest BCUT2D eigenvalue weighted by atomic mass is 79.9. The van der Waals surface area contributed by atoms with Gasteiger partial charge in [0, 0.05) is 24.9 Å². The zero-order valence-electron chi connectivity index (χ0n) is 12.6. The second-order valence-corrected chi connectivity index (χ2v) is 8.75. The maximum atomic E-state index is 13.4. The molecule has 120 valence electrons. The van der Waals surface area contributed by atoms with E-state index in [2.05, 4.69) is 25.3 Å². The minimum atomic E-state index is -2.94. The van der Waals surface area contributed by atoms with Crippen molar-refractivity contribution in [2.24, 2.45) is 4.40 Å². The summed E-state index contributed by atoms with van der Waals surface area (Å²) in [5.41, 5.74) is 0.830. The summed E-state index contributed by atoms with van der Waals surface area (Å²) >= 11 is 3.24. The van der Waals surface area contributed by atoms with Gasteiger partial charge in [-0.3, -0.25) is 0 Å². The largest absolute Gasteiger partial charge is 0.305 e. The SMILES string of the molecule is CC(F)(F)c1cc(Br)c2nc(/C=N/[S@](=O)C(C)(C)C)cn2c1. The molecular weight excluding hydrogens is 376 g/mol. The highest BCUT2D eigenvalue weighted by molar-refractivity contribution is 9.10. The molecule has 2 aromatic heterocycles. The topological polar surface area (TPSA) is 46.7 Å². The van der Waals surface area contributed by atoms with Crippen LogP contribution >= 0.6 is 15.9 Å². The van der Waals surface area contributed by atoms with Gasteiger partial charge in [-0.15, -0.1) is 0 Å². The van der Waals surface area contributed by atoms with Crippen molar-refractivity contribution in [2.75, 3.05) is 0 Å². The van der Waals surface area contributed by atoms with Crippen molar-refractivity contribution in [2.45, 2.75) is 38.4 Å².